The van der Waals surface area contributed by atoms with Crippen LogP contribution in [0.25, 0.3) is 0 Å². The van der Waals surface area contributed by atoms with E-state index in [1.54, 1.807) is 31.2 Å². The van der Waals surface area contributed by atoms with E-state index in [2.05, 4.69) is 5.32 Å². The minimum absolute atomic E-state index is 0.107. The summed E-state index contributed by atoms with van der Waals surface area (Å²) in [6.45, 7) is 4.83. The molecule has 9 heteroatoms. The van der Waals surface area contributed by atoms with Crippen LogP contribution in [0.1, 0.15) is 54.3 Å². The predicted octanol–water partition coefficient (Wildman–Crippen LogP) is 1.57. The molecule has 1 atom stereocenters. The minimum atomic E-state index is -1.04. The Labute approximate surface area is 174 Å². The van der Waals surface area contributed by atoms with Gasteiger partial charge in [-0.15, -0.1) is 0 Å². The third-order valence-electron chi connectivity index (χ3n) is 5.31. The first-order chi connectivity index (χ1) is 14.1. The van der Waals surface area contributed by atoms with E-state index in [0.717, 1.165) is 16.2 Å². The van der Waals surface area contributed by atoms with E-state index in [1.165, 1.54) is 0 Å². The Morgan fingerprint density at radius 1 is 1.07 bits per heavy atom. The zero-order valence-electron chi connectivity index (χ0n) is 17.3. The molecule has 1 saturated heterocycles. The molecule has 1 aromatic carbocycles. The number of fused-ring (bicyclic) bond motifs is 1. The lowest BCUT2D eigenvalue weighted by Crippen LogP contribution is -2.44. The molecule has 5 amide bonds. The summed E-state index contributed by atoms with van der Waals surface area (Å²) in [6.07, 6.45) is 1.22. The first-order valence-corrected chi connectivity index (χ1v) is 9.89. The third-order valence-corrected chi connectivity index (χ3v) is 5.31. The maximum absolute atomic E-state index is 12.6. The SMILES string of the molecule is CC(C)CC[C@]1(C)NC(=O)N(CC(=O)OCCN2C(=O)c3ccccc3C2=O)C1=O. The molecular formula is C21H25N3O6. The highest BCUT2D eigenvalue weighted by Gasteiger charge is 2.48. The van der Waals surface area contributed by atoms with Gasteiger partial charge in [0.05, 0.1) is 17.7 Å². The molecule has 30 heavy (non-hydrogen) atoms. The van der Waals surface area contributed by atoms with Crippen LogP contribution in [0.5, 0.6) is 0 Å². The molecule has 1 fully saturated rings. The predicted molar refractivity (Wildman–Crippen MR) is 105 cm³/mol. The Bertz CT molecular complexity index is 877. The van der Waals surface area contributed by atoms with E-state index >= 15 is 0 Å². The molecule has 2 aliphatic heterocycles. The Hall–Kier alpha value is -3.23. The van der Waals surface area contributed by atoms with Crippen LogP contribution in [-0.2, 0) is 14.3 Å². The van der Waals surface area contributed by atoms with E-state index in [-0.39, 0.29) is 13.2 Å². The second kappa shape index (κ2) is 8.25. The van der Waals surface area contributed by atoms with Gasteiger partial charge >= 0.3 is 12.0 Å². The molecule has 0 saturated carbocycles. The number of hydrogen-bond donors (Lipinski definition) is 1. The maximum Gasteiger partial charge on any atom is 0.326 e. The average Bonchev–Trinajstić information content (AvgIpc) is 3.07. The molecular weight excluding hydrogens is 390 g/mol. The highest BCUT2D eigenvalue weighted by atomic mass is 16.5. The van der Waals surface area contributed by atoms with Crippen LogP contribution in [-0.4, -0.2) is 64.8 Å². The smallest absolute Gasteiger partial charge is 0.326 e. The lowest BCUT2D eigenvalue weighted by Gasteiger charge is -2.22. The summed E-state index contributed by atoms with van der Waals surface area (Å²) < 4.78 is 5.07. The largest absolute Gasteiger partial charge is 0.462 e. The van der Waals surface area contributed by atoms with Gasteiger partial charge in [-0.3, -0.25) is 29.0 Å². The normalized spacial score (nSPS) is 20.8. The van der Waals surface area contributed by atoms with Crippen molar-refractivity contribution < 1.29 is 28.7 Å². The Morgan fingerprint density at radius 2 is 1.67 bits per heavy atom. The number of nitrogens with one attached hydrogen (secondary N) is 1. The number of carbonyl (C=O) groups is 5. The van der Waals surface area contributed by atoms with Gasteiger partial charge in [-0.2, -0.15) is 0 Å². The molecule has 0 radical (unpaired) electrons. The molecule has 160 valence electrons. The van der Waals surface area contributed by atoms with Gasteiger partial charge < -0.3 is 10.1 Å². The third kappa shape index (κ3) is 4.05. The van der Waals surface area contributed by atoms with Crippen molar-refractivity contribution in [3.05, 3.63) is 35.4 Å². The number of benzene rings is 1. The molecule has 0 aliphatic carbocycles. The van der Waals surface area contributed by atoms with Gasteiger partial charge in [-0.25, -0.2) is 4.79 Å². The minimum Gasteiger partial charge on any atom is -0.462 e. The van der Waals surface area contributed by atoms with Crippen LogP contribution < -0.4 is 5.32 Å². The Balaban J connectivity index is 1.51. The molecule has 2 aliphatic rings. The zero-order valence-corrected chi connectivity index (χ0v) is 17.3. The topological polar surface area (TPSA) is 113 Å². The van der Waals surface area contributed by atoms with Crippen LogP contribution in [0.4, 0.5) is 4.79 Å². The van der Waals surface area contributed by atoms with Crippen molar-refractivity contribution in [3.8, 4) is 0 Å². The number of imide groups is 2. The van der Waals surface area contributed by atoms with E-state index in [1.807, 2.05) is 13.8 Å². The second-order valence-corrected chi connectivity index (χ2v) is 8.11. The highest BCUT2D eigenvalue weighted by Crippen LogP contribution is 2.25. The molecule has 1 aromatic rings. The van der Waals surface area contributed by atoms with Crippen molar-refractivity contribution in [3.63, 3.8) is 0 Å². The quantitative estimate of drug-likeness (QED) is 0.392. The van der Waals surface area contributed by atoms with E-state index in [4.69, 9.17) is 4.74 Å². The molecule has 3 rings (SSSR count). The lowest BCUT2D eigenvalue weighted by atomic mass is 9.92. The number of hydrogen-bond acceptors (Lipinski definition) is 6. The number of esters is 1. The standard InChI is InChI=1S/C21H25N3O6/c1-13(2)8-9-21(3)19(28)24(20(29)22-21)12-16(25)30-11-10-23-17(26)14-6-4-5-7-15(14)18(23)27/h4-7,13H,8-12H2,1-3H3,(H,22,29)/t21-/m0/s1. The van der Waals surface area contributed by atoms with Crippen molar-refractivity contribution in [1.82, 2.24) is 15.1 Å². The van der Waals surface area contributed by atoms with Gasteiger partial charge in [-0.05, 0) is 37.8 Å². The fourth-order valence-electron chi connectivity index (χ4n) is 3.51. The van der Waals surface area contributed by atoms with Gasteiger partial charge in [0, 0.05) is 0 Å². The molecule has 9 nitrogen and oxygen atoms in total. The Kier molecular flexibility index (Phi) is 5.91. The van der Waals surface area contributed by atoms with E-state index < -0.39 is 41.8 Å². The van der Waals surface area contributed by atoms with Gasteiger partial charge in [0.2, 0.25) is 0 Å². The number of ether oxygens (including phenoxy) is 1. The first-order valence-electron chi connectivity index (χ1n) is 9.89. The zero-order chi connectivity index (χ0) is 22.1. The second-order valence-electron chi connectivity index (χ2n) is 8.11. The monoisotopic (exact) mass is 415 g/mol. The van der Waals surface area contributed by atoms with Crippen LogP contribution in [0.15, 0.2) is 24.3 Å². The number of nitrogens with zero attached hydrogens (tertiary/aromatic N) is 2. The highest BCUT2D eigenvalue weighted by molar-refractivity contribution is 6.21. The van der Waals surface area contributed by atoms with Crippen molar-refractivity contribution in [2.75, 3.05) is 19.7 Å². The van der Waals surface area contributed by atoms with Crippen LogP contribution in [0.3, 0.4) is 0 Å². The van der Waals surface area contributed by atoms with Crippen molar-refractivity contribution >= 4 is 29.7 Å². The summed E-state index contributed by atoms with van der Waals surface area (Å²) in [6, 6.07) is 5.83. The fraction of sp³-hybridized carbons (Fsp3) is 0.476. The summed E-state index contributed by atoms with van der Waals surface area (Å²) in [7, 11) is 0. The molecule has 0 spiro atoms. The van der Waals surface area contributed by atoms with E-state index in [0.29, 0.717) is 23.5 Å². The number of urea groups is 1. The molecule has 1 N–H and O–H groups in total. The lowest BCUT2D eigenvalue weighted by molar-refractivity contribution is -0.147. The number of rotatable bonds is 8. The van der Waals surface area contributed by atoms with Crippen molar-refractivity contribution in [2.45, 2.75) is 39.2 Å². The summed E-state index contributed by atoms with van der Waals surface area (Å²) >= 11 is 0. The van der Waals surface area contributed by atoms with E-state index in [9.17, 15) is 24.0 Å². The summed E-state index contributed by atoms with van der Waals surface area (Å²) in [4.78, 5) is 63.3. The average molecular weight is 415 g/mol. The maximum atomic E-state index is 12.6. The van der Waals surface area contributed by atoms with Crippen molar-refractivity contribution in [2.24, 2.45) is 5.92 Å². The summed E-state index contributed by atoms with van der Waals surface area (Å²) in [5.41, 5.74) is -0.412. The molecule has 0 aromatic heterocycles. The summed E-state index contributed by atoms with van der Waals surface area (Å²) in [5.74, 6) is -1.77. The van der Waals surface area contributed by atoms with Crippen LogP contribution >= 0.6 is 0 Å². The van der Waals surface area contributed by atoms with Crippen LogP contribution in [0, 0.1) is 5.92 Å². The Morgan fingerprint density at radius 3 is 2.23 bits per heavy atom. The van der Waals surface area contributed by atoms with Gasteiger partial charge in [-0.1, -0.05) is 26.0 Å². The molecule has 2 heterocycles. The van der Waals surface area contributed by atoms with Crippen LogP contribution in [0.2, 0.25) is 0 Å². The van der Waals surface area contributed by atoms with Gasteiger partial charge in [0.15, 0.2) is 0 Å². The molecule has 0 bridgehead atoms. The number of carbonyl (C=O) groups excluding carboxylic acids is 5. The molecule has 0 unspecified atom stereocenters. The van der Waals surface area contributed by atoms with Crippen molar-refractivity contribution in [1.29, 1.82) is 0 Å². The van der Waals surface area contributed by atoms with Gasteiger partial charge in [0.25, 0.3) is 17.7 Å². The van der Waals surface area contributed by atoms with Gasteiger partial charge in [0.1, 0.15) is 18.7 Å². The first kappa shape index (κ1) is 21.5. The fourth-order valence-corrected chi connectivity index (χ4v) is 3.51. The number of amides is 5. The summed E-state index contributed by atoms with van der Waals surface area (Å²) in [5, 5.41) is 2.65.